The van der Waals surface area contributed by atoms with Crippen LogP contribution in [-0.4, -0.2) is 167 Å². The average Bonchev–Trinajstić information content (AvgIpc) is 3.14. The Bertz CT molecular complexity index is 1590. The zero-order chi connectivity index (χ0) is 39.4. The first-order chi connectivity index (χ1) is 25.6. The van der Waals surface area contributed by atoms with Gasteiger partial charge in [-0.15, -0.1) is 0 Å². The molecule has 0 unspecified atom stereocenters. The minimum atomic E-state index is -1.91. The van der Waals surface area contributed by atoms with Crippen molar-refractivity contribution in [2.75, 3.05) is 13.2 Å². The number of phenols is 4. The molecule has 15 atom stereocenters. The van der Waals surface area contributed by atoms with Crippen LogP contribution in [0.5, 0.6) is 23.0 Å². The van der Waals surface area contributed by atoms with Gasteiger partial charge in [0.25, 0.3) is 0 Å². The highest BCUT2D eigenvalue weighted by Crippen LogP contribution is 2.34. The maximum Gasteiger partial charge on any atom is 0.331 e. The van der Waals surface area contributed by atoms with E-state index in [-0.39, 0.29) is 30.3 Å². The van der Waals surface area contributed by atoms with E-state index in [9.17, 15) is 61.0 Å². The molecule has 0 saturated carbocycles. The van der Waals surface area contributed by atoms with Crippen molar-refractivity contribution in [1.29, 1.82) is 0 Å². The number of rotatable bonds is 12. The monoisotopic (exact) mass is 770 g/mol. The molecule has 300 valence electrons. The SMILES string of the molecule is C[C@@H]1O[C@@H](O[C@H]2[C@H](O)[C@@H](OCCc3ccc(O)c(O)c3)O[C@@H](CO)[C@@H]2OC(=O)/C=C\c2ccc(O)c(O)c2)[C@H](O)[C@H](O)[C@@H]1O[C@@H]1O[C@H](C)[C@@H](O)[C@@H](O)[C@H]1O. The van der Waals surface area contributed by atoms with Gasteiger partial charge in [0.2, 0.25) is 0 Å². The van der Waals surface area contributed by atoms with Gasteiger partial charge in [0.1, 0.15) is 54.9 Å². The lowest BCUT2D eigenvalue weighted by atomic mass is 9.96. The van der Waals surface area contributed by atoms with Crippen LogP contribution in [0.15, 0.2) is 42.5 Å². The highest BCUT2D eigenvalue weighted by molar-refractivity contribution is 5.87. The number of phenolic OH excluding ortho intramolecular Hbond substituents is 4. The topological polar surface area (TPSA) is 304 Å². The minimum Gasteiger partial charge on any atom is -0.504 e. The van der Waals surface area contributed by atoms with Gasteiger partial charge in [-0.05, 0) is 61.7 Å². The minimum absolute atomic E-state index is 0.125. The maximum atomic E-state index is 13.0. The third-order valence-corrected chi connectivity index (χ3v) is 9.34. The molecule has 2 aromatic rings. The van der Waals surface area contributed by atoms with Crippen molar-refractivity contribution >= 4 is 12.0 Å². The lowest BCUT2D eigenvalue weighted by molar-refractivity contribution is -0.375. The van der Waals surface area contributed by atoms with E-state index in [1.807, 2.05) is 0 Å². The summed E-state index contributed by atoms with van der Waals surface area (Å²) in [6.07, 6.45) is -20.9. The first kappa shape index (κ1) is 41.5. The zero-order valence-corrected chi connectivity index (χ0v) is 29.1. The van der Waals surface area contributed by atoms with E-state index in [0.717, 1.165) is 6.08 Å². The van der Waals surface area contributed by atoms with Gasteiger partial charge in [0.15, 0.2) is 48.0 Å². The molecule has 3 heterocycles. The van der Waals surface area contributed by atoms with Gasteiger partial charge in [-0.25, -0.2) is 4.79 Å². The van der Waals surface area contributed by atoms with Gasteiger partial charge in [-0.1, -0.05) is 12.1 Å². The molecule has 0 aromatic heterocycles. The Hall–Kier alpha value is -3.67. The van der Waals surface area contributed by atoms with Crippen molar-refractivity contribution in [3.8, 4) is 23.0 Å². The van der Waals surface area contributed by atoms with Gasteiger partial charge in [-0.3, -0.25) is 0 Å². The lowest BCUT2D eigenvalue weighted by Gasteiger charge is -2.48. The van der Waals surface area contributed by atoms with Crippen molar-refractivity contribution in [1.82, 2.24) is 0 Å². The number of aromatic hydroxyl groups is 4. The third kappa shape index (κ3) is 9.40. The molecule has 0 radical (unpaired) electrons. The van der Waals surface area contributed by atoms with E-state index < -0.39 is 110 Å². The molecule has 0 bridgehead atoms. The molecular weight excluding hydrogens is 724 g/mol. The third-order valence-electron chi connectivity index (χ3n) is 9.34. The van der Waals surface area contributed by atoms with Crippen molar-refractivity contribution < 1.29 is 94.1 Å². The number of aliphatic hydroxyl groups is 7. The molecule has 2 aromatic carbocycles. The molecule has 5 rings (SSSR count). The number of carbonyl (C=O) groups is 1. The molecule has 3 aliphatic heterocycles. The van der Waals surface area contributed by atoms with E-state index in [1.54, 1.807) is 0 Å². The van der Waals surface area contributed by atoms with E-state index in [0.29, 0.717) is 11.1 Å². The second-order valence-corrected chi connectivity index (χ2v) is 13.2. The van der Waals surface area contributed by atoms with Crippen LogP contribution >= 0.6 is 0 Å². The summed E-state index contributed by atoms with van der Waals surface area (Å²) in [5.41, 5.74) is 0.848. The summed E-state index contributed by atoms with van der Waals surface area (Å²) in [6.45, 7) is 1.93. The second-order valence-electron chi connectivity index (χ2n) is 13.2. The largest absolute Gasteiger partial charge is 0.504 e. The van der Waals surface area contributed by atoms with Crippen molar-refractivity contribution in [3.63, 3.8) is 0 Å². The predicted octanol–water partition coefficient (Wildman–Crippen LogP) is -2.16. The maximum absolute atomic E-state index is 13.0. The normalized spacial score (nSPS) is 37.3. The van der Waals surface area contributed by atoms with Crippen molar-refractivity contribution in [2.24, 2.45) is 0 Å². The lowest BCUT2D eigenvalue weighted by Crippen LogP contribution is -2.66. The molecule has 0 spiro atoms. The quantitative estimate of drug-likeness (QED) is 0.0622. The molecule has 3 fully saturated rings. The number of carbonyl (C=O) groups excluding carboxylic acids is 1. The zero-order valence-electron chi connectivity index (χ0n) is 29.1. The average molecular weight is 771 g/mol. The number of ether oxygens (including phenoxy) is 7. The fourth-order valence-corrected chi connectivity index (χ4v) is 6.22. The smallest absolute Gasteiger partial charge is 0.331 e. The number of hydrogen-bond donors (Lipinski definition) is 11. The Balaban J connectivity index is 1.33. The summed E-state index contributed by atoms with van der Waals surface area (Å²) in [5.74, 6) is -2.55. The summed E-state index contributed by atoms with van der Waals surface area (Å²) >= 11 is 0. The summed E-state index contributed by atoms with van der Waals surface area (Å²) in [5, 5.41) is 113. The standard InChI is InChI=1S/C35H46O19/c1-14-24(42)25(43)27(45)34(49-14)53-30-15(2)50-35(28(46)26(30)44)54-32-29(47)33(48-10-9-17-4-7-19(38)21(40)12-17)51-22(13-36)31(32)52-23(41)8-5-16-3-6-18(37)20(39)11-16/h3-8,11-12,14-15,22,24-40,42-47H,9-10,13H2,1-2H3/b8-5-/t14-,15+,22+,24-,25-,26+,27-,28-,29+,30-,31+,32+,33+,34+,35+/m1/s1. The van der Waals surface area contributed by atoms with Gasteiger partial charge < -0.3 is 89.3 Å². The fraction of sp³-hybridized carbons (Fsp3) is 0.571. The van der Waals surface area contributed by atoms with Gasteiger partial charge >= 0.3 is 5.97 Å². The van der Waals surface area contributed by atoms with Gasteiger partial charge in [0, 0.05) is 6.08 Å². The predicted molar refractivity (Wildman–Crippen MR) is 178 cm³/mol. The van der Waals surface area contributed by atoms with Gasteiger partial charge in [-0.2, -0.15) is 0 Å². The summed E-state index contributed by atoms with van der Waals surface area (Å²) < 4.78 is 40.0. The number of hydrogen-bond acceptors (Lipinski definition) is 19. The highest BCUT2D eigenvalue weighted by Gasteiger charge is 2.54. The second kappa shape index (κ2) is 17.9. The van der Waals surface area contributed by atoms with E-state index in [2.05, 4.69) is 0 Å². The van der Waals surface area contributed by atoms with E-state index in [4.69, 9.17) is 33.2 Å². The van der Waals surface area contributed by atoms with Crippen LogP contribution in [0, 0.1) is 0 Å². The molecule has 0 amide bonds. The van der Waals surface area contributed by atoms with Gasteiger partial charge in [0.05, 0.1) is 25.4 Å². The summed E-state index contributed by atoms with van der Waals surface area (Å²) in [7, 11) is 0. The first-order valence-corrected chi connectivity index (χ1v) is 17.1. The molecule has 19 heteroatoms. The van der Waals surface area contributed by atoms with E-state index in [1.165, 1.54) is 56.3 Å². The molecule has 0 aliphatic carbocycles. The fourth-order valence-electron chi connectivity index (χ4n) is 6.22. The van der Waals surface area contributed by atoms with Crippen molar-refractivity contribution in [3.05, 3.63) is 53.6 Å². The molecule has 54 heavy (non-hydrogen) atoms. The Morgan fingerprint density at radius 2 is 1.28 bits per heavy atom. The first-order valence-electron chi connectivity index (χ1n) is 17.1. The molecule has 19 nitrogen and oxygen atoms in total. The van der Waals surface area contributed by atoms with Crippen LogP contribution in [-0.2, 0) is 44.4 Å². The van der Waals surface area contributed by atoms with Crippen LogP contribution in [0.25, 0.3) is 6.08 Å². The molecule has 3 aliphatic rings. The highest BCUT2D eigenvalue weighted by atomic mass is 16.8. The number of esters is 1. The number of benzene rings is 2. The Morgan fingerprint density at radius 1 is 0.667 bits per heavy atom. The van der Waals surface area contributed by atoms with Crippen LogP contribution in [0.1, 0.15) is 25.0 Å². The Kier molecular flexibility index (Phi) is 13.7. The van der Waals surface area contributed by atoms with Crippen LogP contribution in [0.3, 0.4) is 0 Å². The summed E-state index contributed by atoms with van der Waals surface area (Å²) in [4.78, 5) is 13.0. The Labute approximate surface area is 308 Å². The summed E-state index contributed by atoms with van der Waals surface area (Å²) in [6, 6.07) is 7.88. The van der Waals surface area contributed by atoms with Crippen LogP contribution in [0.4, 0.5) is 0 Å². The Morgan fingerprint density at radius 3 is 1.93 bits per heavy atom. The molecule has 11 N–H and O–H groups in total. The van der Waals surface area contributed by atoms with E-state index >= 15 is 0 Å². The molecular formula is C35H46O19. The van der Waals surface area contributed by atoms with Crippen LogP contribution < -0.4 is 0 Å². The molecule has 3 saturated heterocycles. The van der Waals surface area contributed by atoms with Crippen molar-refractivity contribution in [2.45, 2.75) is 112 Å². The van der Waals surface area contributed by atoms with Crippen LogP contribution in [0.2, 0.25) is 0 Å². The number of aliphatic hydroxyl groups excluding tert-OH is 7.